The molecule has 154 valence electrons. The molecule has 0 aliphatic heterocycles. The topological polar surface area (TPSA) is 84.2 Å². The van der Waals surface area contributed by atoms with E-state index >= 15 is 0 Å². The van der Waals surface area contributed by atoms with Crippen LogP contribution in [0.1, 0.15) is 29.5 Å². The summed E-state index contributed by atoms with van der Waals surface area (Å²) in [6, 6.07) is 12.4. The maximum Gasteiger partial charge on any atom is 0.242 e. The van der Waals surface area contributed by atoms with E-state index in [0.717, 1.165) is 16.7 Å². The number of carbonyl (C=O) groups excluding carboxylic acids is 2. The number of carbonyl (C=O) groups is 2. The second kappa shape index (κ2) is 9.16. The van der Waals surface area contributed by atoms with E-state index in [1.165, 1.54) is 0 Å². The van der Waals surface area contributed by atoms with Crippen LogP contribution in [-0.4, -0.2) is 30.9 Å². The third kappa shape index (κ3) is 5.10. The van der Waals surface area contributed by atoms with Crippen molar-refractivity contribution in [1.29, 1.82) is 0 Å². The first kappa shape index (κ1) is 21.6. The molecule has 7 heteroatoms. The molecule has 2 aromatic carbocycles. The Balaban J connectivity index is 1.79. The number of benzene rings is 2. The highest BCUT2D eigenvalue weighted by Gasteiger charge is 2.53. The molecule has 29 heavy (non-hydrogen) atoms. The smallest absolute Gasteiger partial charge is 0.242 e. The number of amides is 2. The quantitative estimate of drug-likeness (QED) is 0.597. The molecule has 1 aliphatic rings. The van der Waals surface area contributed by atoms with E-state index in [1.807, 2.05) is 31.2 Å². The third-order valence-electron chi connectivity index (χ3n) is 5.26. The first-order valence-corrected chi connectivity index (χ1v) is 10.4. The van der Waals surface area contributed by atoms with Crippen LogP contribution in [0, 0.1) is 6.92 Å². The zero-order valence-corrected chi connectivity index (χ0v) is 17.8. The zero-order valence-electron chi connectivity index (χ0n) is 16.3. The van der Waals surface area contributed by atoms with Gasteiger partial charge in [-0.2, -0.15) is 0 Å². The van der Waals surface area contributed by atoms with E-state index in [-0.39, 0.29) is 11.8 Å². The van der Waals surface area contributed by atoms with E-state index in [9.17, 15) is 9.59 Å². The lowest BCUT2D eigenvalue weighted by molar-refractivity contribution is -0.130. The van der Waals surface area contributed by atoms with Gasteiger partial charge in [-0.15, -0.1) is 0 Å². The molecule has 1 saturated carbocycles. The van der Waals surface area contributed by atoms with Crippen molar-refractivity contribution in [3.05, 3.63) is 69.2 Å². The minimum Gasteiger partial charge on any atom is -0.353 e. The van der Waals surface area contributed by atoms with E-state index in [1.54, 1.807) is 18.2 Å². The predicted octanol–water partition coefficient (Wildman–Crippen LogP) is 3.14. The molecule has 0 radical (unpaired) electrons. The highest BCUT2D eigenvalue weighted by atomic mass is 35.5. The van der Waals surface area contributed by atoms with Gasteiger partial charge in [0.05, 0.1) is 5.41 Å². The van der Waals surface area contributed by atoms with Crippen molar-refractivity contribution in [3.63, 3.8) is 0 Å². The summed E-state index contributed by atoms with van der Waals surface area (Å²) in [4.78, 5) is 25.9. The fraction of sp³-hybridized carbons (Fsp3) is 0.364. The third-order valence-corrected chi connectivity index (χ3v) is 5.80. The Bertz CT molecular complexity index is 895. The summed E-state index contributed by atoms with van der Waals surface area (Å²) in [5.74, 6) is -0.441. The van der Waals surface area contributed by atoms with Crippen LogP contribution in [0.5, 0.6) is 0 Å². The molecule has 0 saturated heterocycles. The molecule has 1 atom stereocenters. The Morgan fingerprint density at radius 3 is 2.41 bits per heavy atom. The summed E-state index contributed by atoms with van der Waals surface area (Å²) >= 11 is 12.3. The largest absolute Gasteiger partial charge is 0.353 e. The number of rotatable bonds is 8. The summed E-state index contributed by atoms with van der Waals surface area (Å²) in [5, 5.41) is 6.71. The second-order valence-electron chi connectivity index (χ2n) is 7.50. The van der Waals surface area contributed by atoms with Crippen molar-refractivity contribution >= 4 is 35.0 Å². The number of hydrogen-bond donors (Lipinski definition) is 3. The van der Waals surface area contributed by atoms with Gasteiger partial charge in [-0.1, -0.05) is 59.1 Å². The van der Waals surface area contributed by atoms with Gasteiger partial charge in [0, 0.05) is 29.6 Å². The van der Waals surface area contributed by atoms with E-state index < -0.39 is 11.5 Å². The molecule has 5 nitrogen and oxygen atoms in total. The van der Waals surface area contributed by atoms with Crippen LogP contribution < -0.4 is 16.4 Å². The summed E-state index contributed by atoms with van der Waals surface area (Å²) in [7, 11) is 0. The van der Waals surface area contributed by atoms with Gasteiger partial charge in [-0.3, -0.25) is 9.59 Å². The van der Waals surface area contributed by atoms with Gasteiger partial charge >= 0.3 is 0 Å². The molecule has 2 aromatic rings. The van der Waals surface area contributed by atoms with Crippen LogP contribution in [0.3, 0.4) is 0 Å². The van der Waals surface area contributed by atoms with Crippen LogP contribution in [-0.2, 0) is 21.4 Å². The Morgan fingerprint density at radius 2 is 1.83 bits per heavy atom. The molecular weight excluding hydrogens is 409 g/mol. The Kier molecular flexibility index (Phi) is 6.83. The molecule has 2 amide bonds. The predicted molar refractivity (Wildman–Crippen MR) is 116 cm³/mol. The van der Waals surface area contributed by atoms with Crippen molar-refractivity contribution in [2.45, 2.75) is 37.6 Å². The first-order chi connectivity index (χ1) is 13.9. The fourth-order valence-electron chi connectivity index (χ4n) is 3.41. The van der Waals surface area contributed by atoms with Crippen LogP contribution >= 0.6 is 23.2 Å². The monoisotopic (exact) mass is 433 g/mol. The lowest BCUT2D eigenvalue weighted by Crippen LogP contribution is -2.51. The van der Waals surface area contributed by atoms with Gasteiger partial charge in [0.25, 0.3) is 0 Å². The first-order valence-electron chi connectivity index (χ1n) is 9.65. The highest BCUT2D eigenvalue weighted by Crippen LogP contribution is 2.51. The number of aryl methyl sites for hydroxylation is 1. The molecule has 0 aromatic heterocycles. The minimum atomic E-state index is -0.707. The highest BCUT2D eigenvalue weighted by molar-refractivity contribution is 6.35. The Labute approximate surface area is 181 Å². The van der Waals surface area contributed by atoms with Gasteiger partial charge < -0.3 is 16.4 Å². The number of nitrogens with one attached hydrogen (secondary N) is 2. The summed E-state index contributed by atoms with van der Waals surface area (Å²) in [6.07, 6.45) is 1.76. The van der Waals surface area contributed by atoms with Gasteiger partial charge in [0.15, 0.2) is 0 Å². The van der Waals surface area contributed by atoms with E-state index in [0.29, 0.717) is 42.4 Å². The summed E-state index contributed by atoms with van der Waals surface area (Å²) in [5.41, 5.74) is 7.65. The lowest BCUT2D eigenvalue weighted by Gasteiger charge is -2.23. The molecule has 4 N–H and O–H groups in total. The normalized spacial score (nSPS) is 15.4. The molecule has 1 aliphatic carbocycles. The van der Waals surface area contributed by atoms with Crippen LogP contribution in [0.2, 0.25) is 10.0 Å². The van der Waals surface area contributed by atoms with Gasteiger partial charge in [-0.25, -0.2) is 0 Å². The molecule has 0 heterocycles. The molecule has 1 unspecified atom stereocenters. The number of hydrogen-bond acceptors (Lipinski definition) is 3. The van der Waals surface area contributed by atoms with E-state index in [4.69, 9.17) is 28.9 Å². The van der Waals surface area contributed by atoms with Crippen molar-refractivity contribution in [1.82, 2.24) is 10.6 Å². The molecule has 0 bridgehead atoms. The molecule has 1 fully saturated rings. The van der Waals surface area contributed by atoms with Gasteiger partial charge in [-0.05, 0) is 43.0 Å². The Hall–Kier alpha value is -2.08. The fourth-order valence-corrected chi connectivity index (χ4v) is 3.99. The van der Waals surface area contributed by atoms with Crippen LogP contribution in [0.25, 0.3) is 0 Å². The molecule has 0 spiro atoms. The van der Waals surface area contributed by atoms with Gasteiger partial charge in [0.1, 0.15) is 6.04 Å². The van der Waals surface area contributed by atoms with Crippen molar-refractivity contribution in [3.8, 4) is 0 Å². The Morgan fingerprint density at radius 1 is 1.14 bits per heavy atom. The maximum atomic E-state index is 13.2. The standard InChI is InChI=1S/C22H25Cl2N3O2/c1-14-2-4-15(5-3-14)12-19(20(28)26-11-10-25)27-21(29)22(8-9-22)17-7-6-16(23)13-18(17)24/h2-7,13,19H,8-12,25H2,1H3,(H,26,28)(H,27,29). The summed E-state index contributed by atoms with van der Waals surface area (Å²) < 4.78 is 0. The molecular formula is C22H25Cl2N3O2. The van der Waals surface area contributed by atoms with Crippen molar-refractivity contribution < 1.29 is 9.59 Å². The number of halogens is 2. The summed E-state index contributed by atoms with van der Waals surface area (Å²) in [6.45, 7) is 2.69. The SMILES string of the molecule is Cc1ccc(CC(NC(=O)C2(c3ccc(Cl)cc3Cl)CC2)C(=O)NCCN)cc1. The van der Waals surface area contributed by atoms with Gasteiger partial charge in [0.2, 0.25) is 11.8 Å². The van der Waals surface area contributed by atoms with E-state index in [2.05, 4.69) is 10.6 Å². The average molecular weight is 434 g/mol. The maximum absolute atomic E-state index is 13.2. The van der Waals surface area contributed by atoms with Crippen LogP contribution in [0.4, 0.5) is 0 Å². The molecule has 3 rings (SSSR count). The minimum absolute atomic E-state index is 0.193. The average Bonchev–Trinajstić information content (AvgIpc) is 3.49. The zero-order chi connectivity index (χ0) is 21.0. The van der Waals surface area contributed by atoms with Crippen molar-refractivity contribution in [2.75, 3.05) is 13.1 Å². The number of nitrogens with two attached hydrogens (primary N) is 1. The van der Waals surface area contributed by atoms with Crippen molar-refractivity contribution in [2.24, 2.45) is 5.73 Å². The lowest BCUT2D eigenvalue weighted by atomic mass is 9.94. The van der Waals surface area contributed by atoms with Crippen LogP contribution in [0.15, 0.2) is 42.5 Å². The second-order valence-corrected chi connectivity index (χ2v) is 8.35.